The molecule has 0 spiro atoms. The van der Waals surface area contributed by atoms with Crippen molar-refractivity contribution < 1.29 is 28.2 Å². The van der Waals surface area contributed by atoms with Crippen LogP contribution in [0.4, 0.5) is 10.1 Å². The van der Waals surface area contributed by atoms with Crippen molar-refractivity contribution in [2.45, 2.75) is 0 Å². The zero-order chi connectivity index (χ0) is 19.1. The van der Waals surface area contributed by atoms with Crippen LogP contribution in [0.1, 0.15) is 15.9 Å². The van der Waals surface area contributed by atoms with Gasteiger partial charge in [0.15, 0.2) is 11.6 Å². The summed E-state index contributed by atoms with van der Waals surface area (Å²) in [5, 5.41) is 2.58. The van der Waals surface area contributed by atoms with Crippen molar-refractivity contribution in [2.75, 3.05) is 26.6 Å². The molecule has 0 radical (unpaired) electrons. The lowest BCUT2D eigenvalue weighted by molar-refractivity contribution is -0.111. The third kappa shape index (κ3) is 4.60. The van der Waals surface area contributed by atoms with Crippen LogP contribution in [0.25, 0.3) is 6.08 Å². The number of halogens is 1. The lowest BCUT2D eigenvalue weighted by Gasteiger charge is -2.10. The van der Waals surface area contributed by atoms with E-state index in [9.17, 15) is 14.0 Å². The Morgan fingerprint density at radius 2 is 1.81 bits per heavy atom. The van der Waals surface area contributed by atoms with Crippen molar-refractivity contribution >= 4 is 23.6 Å². The van der Waals surface area contributed by atoms with Gasteiger partial charge in [0, 0.05) is 6.08 Å². The number of hydrogen-bond donors (Lipinski definition) is 1. The minimum atomic E-state index is -0.611. The topological polar surface area (TPSA) is 73.9 Å². The van der Waals surface area contributed by atoms with Crippen LogP contribution in [-0.2, 0) is 9.53 Å². The number of anilines is 1. The van der Waals surface area contributed by atoms with E-state index >= 15 is 0 Å². The largest absolute Gasteiger partial charge is 0.497 e. The quantitative estimate of drug-likeness (QED) is 0.633. The Bertz CT molecular complexity index is 848. The van der Waals surface area contributed by atoms with Gasteiger partial charge in [-0.1, -0.05) is 6.07 Å². The van der Waals surface area contributed by atoms with E-state index in [4.69, 9.17) is 14.2 Å². The van der Waals surface area contributed by atoms with Gasteiger partial charge in [0.2, 0.25) is 5.91 Å². The van der Waals surface area contributed by atoms with Crippen LogP contribution >= 0.6 is 0 Å². The molecule has 0 fully saturated rings. The Morgan fingerprint density at radius 3 is 2.42 bits per heavy atom. The molecule has 2 aromatic carbocycles. The van der Waals surface area contributed by atoms with Crippen LogP contribution in [0.15, 0.2) is 42.5 Å². The Hall–Kier alpha value is -3.35. The van der Waals surface area contributed by atoms with Crippen molar-refractivity contribution in [3.63, 3.8) is 0 Å². The maximum Gasteiger partial charge on any atom is 0.340 e. The number of rotatable bonds is 6. The number of ether oxygens (including phenoxy) is 3. The molecule has 0 heterocycles. The number of hydrogen-bond acceptors (Lipinski definition) is 5. The summed E-state index contributed by atoms with van der Waals surface area (Å²) in [4.78, 5) is 24.0. The predicted molar refractivity (Wildman–Crippen MR) is 94.9 cm³/mol. The summed E-state index contributed by atoms with van der Waals surface area (Å²) < 4.78 is 28.3. The number of esters is 1. The molecule has 0 aliphatic heterocycles. The van der Waals surface area contributed by atoms with Gasteiger partial charge in [0.25, 0.3) is 0 Å². The molecule has 0 unspecified atom stereocenters. The Morgan fingerprint density at radius 1 is 1.04 bits per heavy atom. The molecule has 0 bridgehead atoms. The van der Waals surface area contributed by atoms with Crippen molar-refractivity contribution in [1.29, 1.82) is 0 Å². The average molecular weight is 359 g/mol. The van der Waals surface area contributed by atoms with E-state index in [0.29, 0.717) is 11.3 Å². The standard InChI is InChI=1S/C19H18FNO5/c1-24-13-6-7-16(14(11-13)19(23)26-3)21-18(22)9-5-12-4-8-17(25-2)15(20)10-12/h4-11H,1-3H3,(H,21,22)/b9-5+. The van der Waals surface area contributed by atoms with Gasteiger partial charge in [-0.3, -0.25) is 4.79 Å². The van der Waals surface area contributed by atoms with Gasteiger partial charge in [0.1, 0.15) is 5.75 Å². The Kier molecular flexibility index (Phi) is 6.32. The smallest absolute Gasteiger partial charge is 0.340 e. The van der Waals surface area contributed by atoms with Crippen LogP contribution < -0.4 is 14.8 Å². The number of nitrogens with one attached hydrogen (secondary N) is 1. The average Bonchev–Trinajstić information content (AvgIpc) is 2.66. The predicted octanol–water partition coefficient (Wildman–Crippen LogP) is 3.28. The maximum atomic E-state index is 13.7. The first kappa shape index (κ1) is 19.0. The second-order valence-corrected chi connectivity index (χ2v) is 5.12. The SMILES string of the molecule is COC(=O)c1cc(OC)ccc1NC(=O)/C=C/c1ccc(OC)c(F)c1. The molecule has 0 aliphatic carbocycles. The molecule has 2 aromatic rings. The molecule has 1 N–H and O–H groups in total. The van der Waals surface area contributed by atoms with Crippen LogP contribution in [-0.4, -0.2) is 33.2 Å². The zero-order valence-electron chi connectivity index (χ0n) is 14.5. The number of carbonyl (C=O) groups is 2. The highest BCUT2D eigenvalue weighted by molar-refractivity contribution is 6.06. The molecule has 0 saturated heterocycles. The lowest BCUT2D eigenvalue weighted by atomic mass is 10.1. The normalized spacial score (nSPS) is 10.5. The number of methoxy groups -OCH3 is 3. The second-order valence-electron chi connectivity index (χ2n) is 5.12. The highest BCUT2D eigenvalue weighted by Crippen LogP contribution is 2.23. The Labute approximate surface area is 150 Å². The summed E-state index contributed by atoms with van der Waals surface area (Å²) in [6, 6.07) is 8.92. The number of amides is 1. The molecular formula is C19H18FNO5. The van der Waals surface area contributed by atoms with E-state index in [0.717, 1.165) is 0 Å². The highest BCUT2D eigenvalue weighted by Gasteiger charge is 2.14. The van der Waals surface area contributed by atoms with Crippen LogP contribution in [0.2, 0.25) is 0 Å². The lowest BCUT2D eigenvalue weighted by Crippen LogP contribution is -2.13. The monoisotopic (exact) mass is 359 g/mol. The first-order valence-electron chi connectivity index (χ1n) is 7.57. The fraction of sp³-hybridized carbons (Fsp3) is 0.158. The van der Waals surface area contributed by atoms with Crippen LogP contribution in [0, 0.1) is 5.82 Å². The third-order valence-corrected chi connectivity index (χ3v) is 3.49. The molecular weight excluding hydrogens is 341 g/mol. The van der Waals surface area contributed by atoms with Gasteiger partial charge < -0.3 is 19.5 Å². The highest BCUT2D eigenvalue weighted by atomic mass is 19.1. The number of benzene rings is 2. The molecule has 0 aromatic heterocycles. The van der Waals surface area contributed by atoms with E-state index in [1.54, 1.807) is 12.1 Å². The molecule has 26 heavy (non-hydrogen) atoms. The molecule has 6 nitrogen and oxygen atoms in total. The van der Waals surface area contributed by atoms with E-state index in [2.05, 4.69) is 5.32 Å². The summed E-state index contributed by atoms with van der Waals surface area (Å²) in [5.41, 5.74) is 0.915. The molecule has 136 valence electrons. The molecule has 2 rings (SSSR count). The molecule has 7 heteroatoms. The van der Waals surface area contributed by atoms with Gasteiger partial charge in [-0.2, -0.15) is 0 Å². The molecule has 0 atom stereocenters. The molecule has 0 aliphatic rings. The minimum absolute atomic E-state index is 0.118. The van der Waals surface area contributed by atoms with Crippen molar-refractivity contribution in [3.8, 4) is 11.5 Å². The Balaban J connectivity index is 2.17. The minimum Gasteiger partial charge on any atom is -0.497 e. The summed E-state index contributed by atoms with van der Waals surface area (Å²) in [7, 11) is 4.08. The van der Waals surface area contributed by atoms with Gasteiger partial charge in [-0.15, -0.1) is 0 Å². The number of carbonyl (C=O) groups excluding carboxylic acids is 2. The first-order chi connectivity index (χ1) is 12.5. The molecule has 0 saturated carbocycles. The molecule has 1 amide bonds. The van der Waals surface area contributed by atoms with E-state index < -0.39 is 17.7 Å². The van der Waals surface area contributed by atoms with Gasteiger partial charge in [0.05, 0.1) is 32.6 Å². The third-order valence-electron chi connectivity index (χ3n) is 3.49. The van der Waals surface area contributed by atoms with Gasteiger partial charge in [-0.05, 0) is 42.0 Å². The summed E-state index contributed by atoms with van der Waals surface area (Å²) in [6.45, 7) is 0. The van der Waals surface area contributed by atoms with Crippen molar-refractivity contribution in [3.05, 3.63) is 59.4 Å². The van der Waals surface area contributed by atoms with E-state index in [1.165, 1.54) is 57.7 Å². The summed E-state index contributed by atoms with van der Waals surface area (Å²) in [6.07, 6.45) is 2.67. The van der Waals surface area contributed by atoms with Gasteiger partial charge >= 0.3 is 5.97 Å². The van der Waals surface area contributed by atoms with Crippen LogP contribution in [0.5, 0.6) is 11.5 Å². The zero-order valence-corrected chi connectivity index (χ0v) is 14.5. The van der Waals surface area contributed by atoms with E-state index in [1.807, 2.05) is 0 Å². The van der Waals surface area contributed by atoms with E-state index in [-0.39, 0.29) is 17.0 Å². The van der Waals surface area contributed by atoms with Crippen molar-refractivity contribution in [1.82, 2.24) is 0 Å². The van der Waals surface area contributed by atoms with Crippen LogP contribution in [0.3, 0.4) is 0 Å². The van der Waals surface area contributed by atoms with Gasteiger partial charge in [-0.25, -0.2) is 9.18 Å². The second kappa shape index (κ2) is 8.66. The fourth-order valence-corrected chi connectivity index (χ4v) is 2.17. The first-order valence-corrected chi connectivity index (χ1v) is 7.57. The van der Waals surface area contributed by atoms with Crippen molar-refractivity contribution in [2.24, 2.45) is 0 Å². The maximum absolute atomic E-state index is 13.7. The summed E-state index contributed by atoms with van der Waals surface area (Å²) >= 11 is 0. The fourth-order valence-electron chi connectivity index (χ4n) is 2.17. The summed E-state index contributed by atoms with van der Waals surface area (Å²) in [5.74, 6) is -1.06.